The van der Waals surface area contributed by atoms with Gasteiger partial charge in [-0.15, -0.1) is 11.3 Å². The minimum Gasteiger partial charge on any atom is -0.416 e. The van der Waals surface area contributed by atoms with Crippen molar-refractivity contribution in [3.8, 4) is 0 Å². The number of rotatable bonds is 7. The zero-order valence-electron chi connectivity index (χ0n) is 13.0. The number of hydrogen-bond acceptors (Lipinski definition) is 2. The van der Waals surface area contributed by atoms with Crippen molar-refractivity contribution in [3.63, 3.8) is 0 Å². The molecule has 0 unspecified atom stereocenters. The molecule has 1 aromatic heterocycles. The molecule has 0 aliphatic carbocycles. The summed E-state index contributed by atoms with van der Waals surface area (Å²) in [5.41, 5.74) is 1.81. The van der Waals surface area contributed by atoms with Gasteiger partial charge in [-0.25, -0.2) is 0 Å². The van der Waals surface area contributed by atoms with E-state index in [4.69, 9.17) is 4.43 Å². The zero-order valence-corrected chi connectivity index (χ0v) is 14.8. The van der Waals surface area contributed by atoms with Gasteiger partial charge in [0, 0.05) is 17.9 Å². The molecule has 0 aromatic carbocycles. The molecule has 1 aromatic rings. The van der Waals surface area contributed by atoms with Crippen LogP contribution in [0.1, 0.15) is 46.4 Å². The highest BCUT2D eigenvalue weighted by Crippen LogP contribution is 2.42. The third-order valence-corrected chi connectivity index (χ3v) is 11.1. The SMILES string of the molecule is CC(C)[Si](OCCc1ccc(F)s1)(C(C)C)C(C)C. The summed E-state index contributed by atoms with van der Waals surface area (Å²) in [5.74, 6) is 0. The summed E-state index contributed by atoms with van der Waals surface area (Å²) < 4.78 is 19.4. The second kappa shape index (κ2) is 7.00. The van der Waals surface area contributed by atoms with Gasteiger partial charge in [0.1, 0.15) is 0 Å². The first-order chi connectivity index (χ1) is 8.80. The van der Waals surface area contributed by atoms with Gasteiger partial charge < -0.3 is 4.43 Å². The largest absolute Gasteiger partial charge is 0.416 e. The zero-order chi connectivity index (χ0) is 14.6. The van der Waals surface area contributed by atoms with Crippen LogP contribution in [0.4, 0.5) is 4.39 Å². The molecule has 0 radical (unpaired) electrons. The lowest BCUT2D eigenvalue weighted by Crippen LogP contribution is -2.48. The Bertz CT molecular complexity index is 365. The molecular formula is C15H27FOSSi. The molecule has 0 spiro atoms. The van der Waals surface area contributed by atoms with Crippen molar-refractivity contribution in [2.75, 3.05) is 6.61 Å². The average molecular weight is 303 g/mol. The first-order valence-electron chi connectivity index (χ1n) is 7.18. The van der Waals surface area contributed by atoms with E-state index in [1.54, 1.807) is 0 Å². The molecule has 0 amide bonds. The molecule has 0 fully saturated rings. The summed E-state index contributed by atoms with van der Waals surface area (Å²) >= 11 is 1.23. The molecule has 0 aliphatic rings. The fraction of sp³-hybridized carbons (Fsp3) is 0.733. The summed E-state index contributed by atoms with van der Waals surface area (Å²) in [6.07, 6.45) is 0.829. The van der Waals surface area contributed by atoms with Crippen molar-refractivity contribution in [3.05, 3.63) is 22.1 Å². The van der Waals surface area contributed by atoms with Gasteiger partial charge in [0.15, 0.2) is 13.4 Å². The predicted molar refractivity (Wildman–Crippen MR) is 85.0 cm³/mol. The molecule has 1 nitrogen and oxygen atoms in total. The van der Waals surface area contributed by atoms with Crippen molar-refractivity contribution < 1.29 is 8.82 Å². The maximum atomic E-state index is 13.0. The molecule has 0 bridgehead atoms. The Morgan fingerprint density at radius 2 is 1.58 bits per heavy atom. The normalized spacial score (nSPS) is 12.9. The van der Waals surface area contributed by atoms with Crippen LogP contribution in [-0.2, 0) is 10.8 Å². The Labute approximate surface area is 122 Å². The van der Waals surface area contributed by atoms with Gasteiger partial charge in [0.2, 0.25) is 0 Å². The van der Waals surface area contributed by atoms with Gasteiger partial charge in [-0.2, -0.15) is 4.39 Å². The summed E-state index contributed by atoms with van der Waals surface area (Å²) in [7, 11) is -1.76. The lowest BCUT2D eigenvalue weighted by atomic mass is 10.4. The topological polar surface area (TPSA) is 9.23 Å². The number of halogens is 1. The molecule has 0 saturated carbocycles. The molecule has 0 saturated heterocycles. The quantitative estimate of drug-likeness (QED) is 0.594. The van der Waals surface area contributed by atoms with E-state index >= 15 is 0 Å². The van der Waals surface area contributed by atoms with Crippen molar-refractivity contribution in [2.24, 2.45) is 0 Å². The van der Waals surface area contributed by atoms with E-state index in [0.717, 1.165) is 17.9 Å². The van der Waals surface area contributed by atoms with E-state index < -0.39 is 8.32 Å². The molecule has 4 heteroatoms. The van der Waals surface area contributed by atoms with Crippen molar-refractivity contribution in [1.29, 1.82) is 0 Å². The number of thiophene rings is 1. The molecule has 0 N–H and O–H groups in total. The lowest BCUT2D eigenvalue weighted by Gasteiger charge is -2.42. The van der Waals surface area contributed by atoms with Crippen LogP contribution in [0.2, 0.25) is 16.6 Å². The molecular weight excluding hydrogens is 275 g/mol. The van der Waals surface area contributed by atoms with Crippen molar-refractivity contribution in [1.82, 2.24) is 0 Å². The van der Waals surface area contributed by atoms with E-state index in [0.29, 0.717) is 16.6 Å². The first-order valence-corrected chi connectivity index (χ1v) is 10.1. The maximum absolute atomic E-state index is 13.0. The molecule has 19 heavy (non-hydrogen) atoms. The third-order valence-electron chi connectivity index (χ3n) is 4.04. The average Bonchev–Trinajstić information content (AvgIpc) is 2.68. The summed E-state index contributed by atoms with van der Waals surface area (Å²) in [6.45, 7) is 14.5. The van der Waals surface area contributed by atoms with Crippen LogP contribution in [0.3, 0.4) is 0 Å². The fourth-order valence-electron chi connectivity index (χ4n) is 3.31. The highest BCUT2D eigenvalue weighted by atomic mass is 32.1. The predicted octanol–water partition coefficient (Wildman–Crippen LogP) is 5.62. The van der Waals surface area contributed by atoms with E-state index in [-0.39, 0.29) is 5.13 Å². The molecule has 0 atom stereocenters. The maximum Gasteiger partial charge on any atom is 0.200 e. The van der Waals surface area contributed by atoms with Crippen LogP contribution in [0.15, 0.2) is 12.1 Å². The third kappa shape index (κ3) is 3.89. The van der Waals surface area contributed by atoms with Gasteiger partial charge >= 0.3 is 0 Å². The minimum atomic E-state index is -1.76. The molecule has 1 rings (SSSR count). The van der Waals surface area contributed by atoms with E-state index in [9.17, 15) is 4.39 Å². The fourth-order valence-corrected chi connectivity index (χ4v) is 9.48. The summed E-state index contributed by atoms with van der Waals surface area (Å²) in [5, 5.41) is -0.102. The second-order valence-electron chi connectivity index (χ2n) is 6.12. The van der Waals surface area contributed by atoms with Gasteiger partial charge in [-0.3, -0.25) is 0 Å². The first kappa shape index (κ1) is 16.9. The Balaban J connectivity index is 2.68. The van der Waals surface area contributed by atoms with Crippen LogP contribution < -0.4 is 0 Å². The standard InChI is InChI=1S/C15H27FOSSi/c1-11(2)19(12(3)4,13(5)6)17-10-9-14-7-8-15(16)18-14/h7-8,11-13H,9-10H2,1-6H3. The van der Waals surface area contributed by atoms with Gasteiger partial charge in [0.05, 0.1) is 0 Å². The summed E-state index contributed by atoms with van der Waals surface area (Å²) in [4.78, 5) is 1.08. The van der Waals surface area contributed by atoms with E-state index in [1.165, 1.54) is 17.4 Å². The lowest BCUT2D eigenvalue weighted by molar-refractivity contribution is 0.282. The molecule has 1 heterocycles. The monoisotopic (exact) mass is 302 g/mol. The van der Waals surface area contributed by atoms with Crippen LogP contribution in [0, 0.1) is 5.13 Å². The van der Waals surface area contributed by atoms with Crippen LogP contribution in [0.5, 0.6) is 0 Å². The Hall–Kier alpha value is -0.193. The second-order valence-corrected chi connectivity index (χ2v) is 12.7. The van der Waals surface area contributed by atoms with Crippen LogP contribution in [0.25, 0.3) is 0 Å². The summed E-state index contributed by atoms with van der Waals surface area (Å²) in [6, 6.07) is 3.41. The Morgan fingerprint density at radius 3 is 1.95 bits per heavy atom. The van der Waals surface area contributed by atoms with Crippen molar-refractivity contribution in [2.45, 2.75) is 64.6 Å². The van der Waals surface area contributed by atoms with Crippen LogP contribution in [-0.4, -0.2) is 14.9 Å². The van der Waals surface area contributed by atoms with E-state index in [2.05, 4.69) is 41.5 Å². The highest BCUT2D eigenvalue weighted by molar-refractivity contribution is 7.10. The van der Waals surface area contributed by atoms with Gasteiger partial charge in [-0.05, 0) is 28.8 Å². The number of hydrogen-bond donors (Lipinski definition) is 0. The smallest absolute Gasteiger partial charge is 0.200 e. The highest BCUT2D eigenvalue weighted by Gasteiger charge is 2.44. The van der Waals surface area contributed by atoms with E-state index in [1.807, 2.05) is 6.07 Å². The van der Waals surface area contributed by atoms with Crippen molar-refractivity contribution >= 4 is 19.7 Å². The minimum absolute atomic E-state index is 0.102. The Morgan fingerprint density at radius 1 is 1.05 bits per heavy atom. The molecule has 0 aliphatic heterocycles. The Kier molecular flexibility index (Phi) is 6.21. The molecule has 110 valence electrons. The van der Waals surface area contributed by atoms with Gasteiger partial charge in [0.25, 0.3) is 0 Å². The van der Waals surface area contributed by atoms with Crippen LogP contribution >= 0.6 is 11.3 Å². The van der Waals surface area contributed by atoms with Gasteiger partial charge in [-0.1, -0.05) is 41.5 Å².